The molecule has 0 aliphatic heterocycles. The Morgan fingerprint density at radius 2 is 2.10 bits per heavy atom. The Hall–Kier alpha value is -0.680. The first-order valence-corrected chi connectivity index (χ1v) is 9.42. The molecule has 0 saturated heterocycles. The highest BCUT2D eigenvalue weighted by atomic mass is 35.5. The normalized spacial score (nSPS) is 16.8. The molecule has 1 saturated carbocycles. The maximum absolute atomic E-state index is 5.98. The summed E-state index contributed by atoms with van der Waals surface area (Å²) in [6.07, 6.45) is 7.73. The number of aromatic nitrogens is 4. The van der Waals surface area contributed by atoms with Gasteiger partial charge < -0.3 is 4.57 Å². The number of hydrogen-bond donors (Lipinski definition) is 0. The lowest BCUT2D eigenvalue weighted by Gasteiger charge is -2.16. The van der Waals surface area contributed by atoms with Crippen LogP contribution in [0.25, 0.3) is 11.2 Å². The average Bonchev–Trinajstić information content (AvgIpc) is 3.07. The fourth-order valence-electron chi connectivity index (χ4n) is 2.99. The molecular formula is C15H23ClN4S. The first-order chi connectivity index (χ1) is 10.1. The van der Waals surface area contributed by atoms with Crippen LogP contribution in [0.2, 0.25) is 0 Å². The van der Waals surface area contributed by atoms with E-state index in [0.717, 1.165) is 42.8 Å². The Balaban J connectivity index is 2.08. The van der Waals surface area contributed by atoms with Crippen molar-refractivity contribution in [2.45, 2.75) is 50.3 Å². The second-order valence-electron chi connectivity index (χ2n) is 5.93. The second-order valence-corrected chi connectivity index (χ2v) is 7.59. The van der Waals surface area contributed by atoms with Crippen LogP contribution in [-0.2, 0) is 26.4 Å². The van der Waals surface area contributed by atoms with Crippen LogP contribution in [0.4, 0.5) is 0 Å². The number of rotatable bonds is 7. The number of alkyl halides is 1. The Morgan fingerprint density at radius 1 is 1.33 bits per heavy atom. The van der Waals surface area contributed by atoms with Gasteiger partial charge in [0.05, 0.1) is 5.69 Å². The highest BCUT2D eigenvalue weighted by Crippen LogP contribution is 2.49. The molecule has 0 unspecified atom stereocenters. The fraction of sp³-hybridized carbons (Fsp3) is 0.733. The predicted octanol–water partition coefficient (Wildman–Crippen LogP) is 3.40. The number of thioether (sulfide) groups is 1. The van der Waals surface area contributed by atoms with Crippen LogP contribution in [-0.4, -0.2) is 36.2 Å². The molecule has 0 radical (unpaired) electrons. The molecule has 0 spiro atoms. The molecule has 1 aliphatic carbocycles. The maximum atomic E-state index is 5.98. The van der Waals surface area contributed by atoms with Gasteiger partial charge in [-0.25, -0.2) is 4.98 Å². The van der Waals surface area contributed by atoms with Gasteiger partial charge in [-0.3, -0.25) is 4.68 Å². The number of hydrogen-bond acceptors (Lipinski definition) is 3. The van der Waals surface area contributed by atoms with Gasteiger partial charge in [0.15, 0.2) is 5.65 Å². The van der Waals surface area contributed by atoms with Gasteiger partial charge in [0.1, 0.15) is 11.3 Å². The van der Waals surface area contributed by atoms with E-state index in [9.17, 15) is 0 Å². The Labute approximate surface area is 135 Å². The molecular weight excluding hydrogens is 304 g/mol. The van der Waals surface area contributed by atoms with Crippen LogP contribution in [0, 0.1) is 0 Å². The minimum absolute atomic E-state index is 0.407. The summed E-state index contributed by atoms with van der Waals surface area (Å²) in [5, 5.41) is 4.67. The molecule has 0 atom stereocenters. The lowest BCUT2D eigenvalue weighted by atomic mass is 10.2. The van der Waals surface area contributed by atoms with E-state index in [1.165, 1.54) is 18.5 Å². The lowest BCUT2D eigenvalue weighted by Crippen LogP contribution is -2.17. The fourth-order valence-corrected chi connectivity index (χ4v) is 3.93. The molecule has 21 heavy (non-hydrogen) atoms. The molecule has 3 rings (SSSR count). The van der Waals surface area contributed by atoms with E-state index in [1.54, 1.807) is 0 Å². The zero-order valence-electron chi connectivity index (χ0n) is 13.0. The SMILES string of the molecule is CCCc1nn(C)c2c1nc(CCCl)n2CC1(SC)CC1. The van der Waals surface area contributed by atoms with Crippen molar-refractivity contribution in [1.82, 2.24) is 19.3 Å². The smallest absolute Gasteiger partial charge is 0.158 e. The molecule has 0 aromatic carbocycles. The van der Waals surface area contributed by atoms with Crippen molar-refractivity contribution in [3.05, 3.63) is 11.5 Å². The van der Waals surface area contributed by atoms with E-state index < -0.39 is 0 Å². The standard InChI is InChI=1S/C15H23ClN4S/c1-4-5-11-13-14(19(2)18-11)20(12(17-13)6-9-16)10-15(21-3)7-8-15/h4-10H2,1-3H3. The van der Waals surface area contributed by atoms with Crippen molar-refractivity contribution >= 4 is 34.5 Å². The van der Waals surface area contributed by atoms with Gasteiger partial charge in [0, 0.05) is 30.6 Å². The second kappa shape index (κ2) is 5.84. The summed E-state index contributed by atoms with van der Waals surface area (Å²) in [7, 11) is 2.03. The average molecular weight is 327 g/mol. The van der Waals surface area contributed by atoms with Gasteiger partial charge in [-0.05, 0) is 25.5 Å². The maximum Gasteiger partial charge on any atom is 0.158 e. The minimum Gasteiger partial charge on any atom is -0.311 e. The topological polar surface area (TPSA) is 35.6 Å². The van der Waals surface area contributed by atoms with Crippen molar-refractivity contribution in [3.63, 3.8) is 0 Å². The van der Waals surface area contributed by atoms with Crippen LogP contribution in [0.1, 0.15) is 37.7 Å². The summed E-state index contributed by atoms with van der Waals surface area (Å²) in [6.45, 7) is 3.21. The number of nitrogens with zero attached hydrogens (tertiary/aromatic N) is 4. The third-order valence-corrected chi connectivity index (χ3v) is 5.95. The zero-order chi connectivity index (χ0) is 15.0. The Morgan fingerprint density at radius 3 is 2.67 bits per heavy atom. The van der Waals surface area contributed by atoms with E-state index in [4.69, 9.17) is 16.6 Å². The largest absolute Gasteiger partial charge is 0.311 e. The predicted molar refractivity (Wildman–Crippen MR) is 90.4 cm³/mol. The highest BCUT2D eigenvalue weighted by Gasteiger charge is 2.43. The molecule has 1 aliphatic rings. The van der Waals surface area contributed by atoms with Gasteiger partial charge in [-0.15, -0.1) is 11.6 Å². The van der Waals surface area contributed by atoms with Gasteiger partial charge in [-0.1, -0.05) is 13.3 Å². The van der Waals surface area contributed by atoms with E-state index in [2.05, 4.69) is 22.8 Å². The van der Waals surface area contributed by atoms with E-state index in [1.807, 2.05) is 23.5 Å². The molecule has 6 heteroatoms. The highest BCUT2D eigenvalue weighted by molar-refractivity contribution is 8.00. The molecule has 116 valence electrons. The summed E-state index contributed by atoms with van der Waals surface area (Å²) >= 11 is 7.97. The summed E-state index contributed by atoms with van der Waals surface area (Å²) in [6, 6.07) is 0. The quantitative estimate of drug-likeness (QED) is 0.732. The molecule has 1 fully saturated rings. The van der Waals surface area contributed by atoms with Gasteiger partial charge in [0.25, 0.3) is 0 Å². The number of imidazole rings is 1. The Bertz CT molecular complexity index is 642. The molecule has 0 N–H and O–H groups in total. The summed E-state index contributed by atoms with van der Waals surface area (Å²) in [5.41, 5.74) is 3.37. The van der Waals surface area contributed by atoms with Crippen molar-refractivity contribution in [2.75, 3.05) is 12.1 Å². The molecule has 2 heterocycles. The van der Waals surface area contributed by atoms with Crippen molar-refractivity contribution in [1.29, 1.82) is 0 Å². The molecule has 0 amide bonds. The molecule has 0 bridgehead atoms. The lowest BCUT2D eigenvalue weighted by molar-refractivity contribution is 0.617. The third kappa shape index (κ3) is 2.70. The monoisotopic (exact) mass is 326 g/mol. The van der Waals surface area contributed by atoms with Crippen molar-refractivity contribution in [2.24, 2.45) is 7.05 Å². The van der Waals surface area contributed by atoms with Crippen LogP contribution in [0.5, 0.6) is 0 Å². The van der Waals surface area contributed by atoms with Crippen LogP contribution in [0.3, 0.4) is 0 Å². The number of aryl methyl sites for hydroxylation is 3. The van der Waals surface area contributed by atoms with Crippen molar-refractivity contribution < 1.29 is 0 Å². The molecule has 4 nitrogen and oxygen atoms in total. The first-order valence-electron chi connectivity index (χ1n) is 7.66. The third-order valence-electron chi connectivity index (χ3n) is 4.36. The number of fused-ring (bicyclic) bond motifs is 1. The minimum atomic E-state index is 0.407. The first kappa shape index (κ1) is 15.2. The summed E-state index contributed by atoms with van der Waals surface area (Å²) in [4.78, 5) is 4.87. The van der Waals surface area contributed by atoms with Gasteiger partial charge in [0.2, 0.25) is 0 Å². The van der Waals surface area contributed by atoms with Crippen LogP contribution < -0.4 is 0 Å². The van der Waals surface area contributed by atoms with Crippen molar-refractivity contribution in [3.8, 4) is 0 Å². The van der Waals surface area contributed by atoms with E-state index in [0.29, 0.717) is 10.6 Å². The molecule has 2 aromatic heterocycles. The summed E-state index contributed by atoms with van der Waals surface area (Å²) < 4.78 is 4.78. The van der Waals surface area contributed by atoms with Crippen LogP contribution in [0.15, 0.2) is 0 Å². The zero-order valence-corrected chi connectivity index (χ0v) is 14.6. The Kier molecular flexibility index (Phi) is 4.23. The van der Waals surface area contributed by atoms with Gasteiger partial charge >= 0.3 is 0 Å². The van der Waals surface area contributed by atoms with E-state index >= 15 is 0 Å². The van der Waals surface area contributed by atoms with Gasteiger partial charge in [-0.2, -0.15) is 16.9 Å². The van der Waals surface area contributed by atoms with Crippen LogP contribution >= 0.6 is 23.4 Å². The summed E-state index contributed by atoms with van der Waals surface area (Å²) in [5.74, 6) is 1.73. The molecule has 2 aromatic rings. The van der Waals surface area contributed by atoms with E-state index in [-0.39, 0.29) is 0 Å². The number of halogens is 1.